The van der Waals surface area contributed by atoms with Gasteiger partial charge in [0, 0.05) is 6.54 Å². The van der Waals surface area contributed by atoms with E-state index in [-0.39, 0.29) is 11.7 Å². The van der Waals surface area contributed by atoms with Gasteiger partial charge in [0.1, 0.15) is 22.1 Å². The van der Waals surface area contributed by atoms with E-state index in [9.17, 15) is 5.11 Å². The zero-order chi connectivity index (χ0) is 21.6. The van der Waals surface area contributed by atoms with Crippen molar-refractivity contribution in [3.05, 3.63) is 54.1 Å². The first kappa shape index (κ1) is 21.2. The number of aromatic nitrogens is 1. The van der Waals surface area contributed by atoms with Gasteiger partial charge in [-0.1, -0.05) is 55.7 Å². The Kier molecular flexibility index (Phi) is 6.72. The molecule has 1 saturated carbocycles. The van der Waals surface area contributed by atoms with Crippen LogP contribution in [0.5, 0.6) is 11.6 Å². The number of amidine groups is 1. The van der Waals surface area contributed by atoms with Crippen LogP contribution in [0.4, 0.5) is 10.7 Å². The van der Waals surface area contributed by atoms with Crippen LogP contribution in [0.3, 0.4) is 0 Å². The average Bonchev–Trinajstić information content (AvgIpc) is 3.18. The molecule has 1 aromatic heterocycles. The fourth-order valence-corrected chi connectivity index (χ4v) is 4.77. The molecule has 162 valence electrons. The third-order valence-electron chi connectivity index (χ3n) is 5.77. The predicted molar refractivity (Wildman–Crippen MR) is 127 cm³/mol. The molecule has 0 amide bonds. The summed E-state index contributed by atoms with van der Waals surface area (Å²) in [5, 5.41) is 26.0. The van der Waals surface area contributed by atoms with Crippen molar-refractivity contribution in [2.75, 3.05) is 19.0 Å². The van der Waals surface area contributed by atoms with E-state index in [4.69, 9.17) is 10.1 Å². The van der Waals surface area contributed by atoms with Crippen molar-refractivity contribution in [2.45, 2.75) is 32.1 Å². The summed E-state index contributed by atoms with van der Waals surface area (Å²) < 4.78 is 9.61. The minimum absolute atomic E-state index is 0.133. The van der Waals surface area contributed by atoms with Crippen LogP contribution in [0.1, 0.15) is 37.7 Å². The van der Waals surface area contributed by atoms with Crippen molar-refractivity contribution >= 4 is 28.1 Å². The Balaban J connectivity index is 1.55. The number of ether oxygens (including phenoxy) is 1. The standard InChI is InChI=1S/C24H28N4O2S/c1-30-20-13-12-18(17-10-6-3-7-11-17)14-19(20)27-24-21(23(29)28-31-24)22(25)26-15-16-8-4-2-5-9-16/h3,6-7,10-14,16,27H,2,4-5,8-9,15H2,1H3,(H2,25,26)(H,28,29). The summed E-state index contributed by atoms with van der Waals surface area (Å²) in [6.07, 6.45) is 6.22. The molecule has 1 aliphatic carbocycles. The van der Waals surface area contributed by atoms with E-state index in [1.54, 1.807) is 7.11 Å². The van der Waals surface area contributed by atoms with Crippen molar-refractivity contribution in [3.63, 3.8) is 0 Å². The normalized spacial score (nSPS) is 14.2. The van der Waals surface area contributed by atoms with E-state index in [2.05, 4.69) is 27.1 Å². The summed E-state index contributed by atoms with van der Waals surface area (Å²) in [6.45, 7) is 0.750. The first-order valence-corrected chi connectivity index (χ1v) is 11.4. The maximum Gasteiger partial charge on any atom is 0.236 e. The van der Waals surface area contributed by atoms with Gasteiger partial charge in [-0.2, -0.15) is 4.37 Å². The van der Waals surface area contributed by atoms with Gasteiger partial charge >= 0.3 is 0 Å². The van der Waals surface area contributed by atoms with Gasteiger partial charge in [0.05, 0.1) is 12.8 Å². The van der Waals surface area contributed by atoms with Crippen LogP contribution in [0, 0.1) is 11.3 Å². The summed E-state index contributed by atoms with van der Waals surface area (Å²) in [7, 11) is 1.63. The van der Waals surface area contributed by atoms with E-state index < -0.39 is 0 Å². The molecule has 0 atom stereocenters. The van der Waals surface area contributed by atoms with E-state index in [0.717, 1.165) is 34.9 Å². The third kappa shape index (κ3) is 4.99. The molecule has 0 radical (unpaired) electrons. The van der Waals surface area contributed by atoms with Crippen LogP contribution in [0.25, 0.3) is 11.1 Å². The largest absolute Gasteiger partial charge is 0.495 e. The van der Waals surface area contributed by atoms with Crippen LogP contribution >= 0.6 is 11.5 Å². The first-order chi connectivity index (χ1) is 15.2. The molecule has 1 heterocycles. The van der Waals surface area contributed by atoms with Crippen LogP contribution in [0.15, 0.2) is 48.5 Å². The summed E-state index contributed by atoms with van der Waals surface area (Å²) in [5.41, 5.74) is 3.30. The minimum atomic E-state index is -0.133. The summed E-state index contributed by atoms with van der Waals surface area (Å²) >= 11 is 1.13. The number of aromatic hydroxyl groups is 1. The summed E-state index contributed by atoms with van der Waals surface area (Å²) in [4.78, 5) is 0. The highest BCUT2D eigenvalue weighted by atomic mass is 32.1. The monoisotopic (exact) mass is 436 g/mol. The smallest absolute Gasteiger partial charge is 0.236 e. The molecule has 0 spiro atoms. The number of rotatable bonds is 7. The lowest BCUT2D eigenvalue weighted by Gasteiger charge is -2.22. The fraction of sp³-hybridized carbons (Fsp3) is 0.333. The maximum absolute atomic E-state index is 10.3. The Bertz CT molecular complexity index is 1030. The second-order valence-corrected chi connectivity index (χ2v) is 8.65. The van der Waals surface area contributed by atoms with Crippen molar-refractivity contribution in [2.24, 2.45) is 5.92 Å². The molecular formula is C24H28N4O2S. The van der Waals surface area contributed by atoms with Gasteiger partial charge in [0.25, 0.3) is 0 Å². The number of benzene rings is 2. The molecule has 1 aliphatic rings. The first-order valence-electron chi connectivity index (χ1n) is 10.7. The van der Waals surface area contributed by atoms with E-state index >= 15 is 0 Å². The lowest BCUT2D eigenvalue weighted by Crippen LogP contribution is -2.30. The Morgan fingerprint density at radius 3 is 2.65 bits per heavy atom. The lowest BCUT2D eigenvalue weighted by molar-refractivity contribution is 0.356. The molecule has 4 N–H and O–H groups in total. The van der Waals surface area contributed by atoms with Gasteiger partial charge in [-0.15, -0.1) is 0 Å². The number of hydrogen-bond acceptors (Lipinski definition) is 6. The summed E-state index contributed by atoms with van der Waals surface area (Å²) in [6, 6.07) is 16.0. The number of anilines is 2. The topological polar surface area (TPSA) is 90.3 Å². The molecule has 4 rings (SSSR count). The van der Waals surface area contributed by atoms with E-state index in [1.165, 1.54) is 32.1 Å². The molecule has 0 unspecified atom stereocenters. The molecule has 31 heavy (non-hydrogen) atoms. The van der Waals surface area contributed by atoms with Crippen LogP contribution in [0.2, 0.25) is 0 Å². The van der Waals surface area contributed by atoms with E-state index in [0.29, 0.717) is 22.2 Å². The predicted octanol–water partition coefficient (Wildman–Crippen LogP) is 5.76. The van der Waals surface area contributed by atoms with Crippen molar-refractivity contribution in [1.82, 2.24) is 9.69 Å². The number of nitrogens with one attached hydrogen (secondary N) is 3. The fourth-order valence-electron chi connectivity index (χ4n) is 4.06. The van der Waals surface area contributed by atoms with Crippen molar-refractivity contribution < 1.29 is 9.84 Å². The van der Waals surface area contributed by atoms with Crippen LogP contribution in [-0.2, 0) is 0 Å². The van der Waals surface area contributed by atoms with Gasteiger partial charge < -0.3 is 20.5 Å². The number of hydrogen-bond donors (Lipinski definition) is 4. The molecule has 3 aromatic rings. The maximum atomic E-state index is 10.3. The Hall–Kier alpha value is -3.06. The Morgan fingerprint density at radius 1 is 1.13 bits per heavy atom. The Morgan fingerprint density at radius 2 is 1.90 bits per heavy atom. The lowest BCUT2D eigenvalue weighted by atomic mass is 9.89. The van der Waals surface area contributed by atoms with Gasteiger partial charge in [0.15, 0.2) is 0 Å². The second kappa shape index (κ2) is 9.83. The molecule has 6 nitrogen and oxygen atoms in total. The molecule has 0 bridgehead atoms. The molecule has 1 fully saturated rings. The average molecular weight is 437 g/mol. The van der Waals surface area contributed by atoms with Gasteiger partial charge in [-0.05, 0) is 53.6 Å². The zero-order valence-corrected chi connectivity index (χ0v) is 18.5. The van der Waals surface area contributed by atoms with Crippen LogP contribution in [-0.4, -0.2) is 29.0 Å². The quantitative estimate of drug-likeness (QED) is 0.279. The molecule has 0 aliphatic heterocycles. The summed E-state index contributed by atoms with van der Waals surface area (Å²) in [5.74, 6) is 1.33. The SMILES string of the molecule is COc1ccc(-c2ccccc2)cc1Nc1snc(O)c1C(=N)NCC1CCCCC1. The zero-order valence-electron chi connectivity index (χ0n) is 17.6. The number of nitrogens with zero attached hydrogens (tertiary/aromatic N) is 1. The third-order valence-corrected chi connectivity index (χ3v) is 6.52. The van der Waals surface area contributed by atoms with Gasteiger partial charge in [-0.25, -0.2) is 0 Å². The van der Waals surface area contributed by atoms with Gasteiger partial charge in [0.2, 0.25) is 5.88 Å². The highest BCUT2D eigenvalue weighted by Gasteiger charge is 2.21. The molecule has 2 aromatic carbocycles. The number of methoxy groups -OCH3 is 1. The van der Waals surface area contributed by atoms with E-state index in [1.807, 2.05) is 36.4 Å². The Labute approximate surface area is 187 Å². The second-order valence-electron chi connectivity index (χ2n) is 7.88. The highest BCUT2D eigenvalue weighted by molar-refractivity contribution is 7.11. The van der Waals surface area contributed by atoms with Crippen LogP contribution < -0.4 is 15.4 Å². The molecule has 7 heteroatoms. The highest BCUT2D eigenvalue weighted by Crippen LogP contribution is 2.37. The minimum Gasteiger partial charge on any atom is -0.495 e. The van der Waals surface area contributed by atoms with Crippen molar-refractivity contribution in [1.29, 1.82) is 5.41 Å². The van der Waals surface area contributed by atoms with Gasteiger partial charge in [-0.3, -0.25) is 5.41 Å². The molecule has 0 saturated heterocycles. The van der Waals surface area contributed by atoms with Crippen molar-refractivity contribution in [3.8, 4) is 22.8 Å². The molecular weight excluding hydrogens is 408 g/mol.